The van der Waals surface area contributed by atoms with Gasteiger partial charge in [-0.2, -0.15) is 0 Å². The number of hydrogen-bond acceptors (Lipinski definition) is 3. The molecule has 1 aromatic rings. The van der Waals surface area contributed by atoms with Gasteiger partial charge in [-0.3, -0.25) is 4.79 Å². The van der Waals surface area contributed by atoms with Crippen LogP contribution in [-0.4, -0.2) is 37.0 Å². The van der Waals surface area contributed by atoms with Gasteiger partial charge in [-0.1, -0.05) is 0 Å². The summed E-state index contributed by atoms with van der Waals surface area (Å²) < 4.78 is 5.11. The average molecular weight is 194 g/mol. The Morgan fingerprint density at radius 3 is 2.79 bits per heavy atom. The van der Waals surface area contributed by atoms with Gasteiger partial charge < -0.3 is 14.6 Å². The predicted octanol–water partition coefficient (Wildman–Crippen LogP) is 0.633. The average Bonchev–Trinajstić information content (AvgIpc) is 2.65. The largest absolute Gasteiger partial charge is 0.469 e. The zero-order valence-corrected chi connectivity index (χ0v) is 8.25. The third kappa shape index (κ3) is 1.65. The minimum atomic E-state index is 0.0813. The van der Waals surface area contributed by atoms with Crippen molar-refractivity contribution in [2.24, 2.45) is 0 Å². The molecule has 0 atom stereocenters. The number of carbonyl (C=O) groups is 1. The summed E-state index contributed by atoms with van der Waals surface area (Å²) in [5.74, 6) is 0.784. The first-order chi connectivity index (χ1) is 6.79. The topological polar surface area (TPSA) is 45.5 Å². The molecule has 0 spiro atoms. The van der Waals surface area contributed by atoms with E-state index in [1.807, 2.05) is 11.8 Å². The molecule has 1 aliphatic rings. The molecule has 1 N–H and O–H groups in total. The van der Waals surface area contributed by atoms with Crippen molar-refractivity contribution >= 4 is 5.91 Å². The van der Waals surface area contributed by atoms with Crippen LogP contribution in [-0.2, 0) is 0 Å². The van der Waals surface area contributed by atoms with Crippen molar-refractivity contribution in [2.75, 3.05) is 26.2 Å². The molecule has 1 amide bonds. The van der Waals surface area contributed by atoms with Gasteiger partial charge in [0.05, 0.1) is 11.8 Å². The van der Waals surface area contributed by atoms with Gasteiger partial charge >= 0.3 is 0 Å². The molecule has 1 aromatic heterocycles. The van der Waals surface area contributed by atoms with E-state index in [1.165, 1.54) is 0 Å². The van der Waals surface area contributed by atoms with E-state index >= 15 is 0 Å². The molecule has 0 radical (unpaired) electrons. The standard InChI is InChI=1S/C10H14N2O2/c1-8-9(2-7-14-8)10(13)12-5-3-11-4-6-12/h2,7,11H,3-6H2,1H3. The summed E-state index contributed by atoms with van der Waals surface area (Å²) in [6.45, 7) is 5.13. The van der Waals surface area contributed by atoms with Crippen LogP contribution in [0, 0.1) is 6.92 Å². The molecule has 14 heavy (non-hydrogen) atoms. The molecule has 0 unspecified atom stereocenters. The van der Waals surface area contributed by atoms with Gasteiger partial charge in [-0.15, -0.1) is 0 Å². The number of furan rings is 1. The second-order valence-electron chi connectivity index (χ2n) is 3.43. The third-order valence-corrected chi connectivity index (χ3v) is 2.49. The van der Waals surface area contributed by atoms with Crippen LogP contribution in [0.1, 0.15) is 16.1 Å². The van der Waals surface area contributed by atoms with E-state index in [4.69, 9.17) is 4.42 Å². The summed E-state index contributed by atoms with van der Waals surface area (Å²) in [5, 5.41) is 3.21. The van der Waals surface area contributed by atoms with Gasteiger partial charge in [0, 0.05) is 26.2 Å². The molecular weight excluding hydrogens is 180 g/mol. The molecule has 0 saturated carbocycles. The molecule has 1 saturated heterocycles. The maximum absolute atomic E-state index is 11.9. The van der Waals surface area contributed by atoms with Crippen molar-refractivity contribution in [2.45, 2.75) is 6.92 Å². The van der Waals surface area contributed by atoms with E-state index in [-0.39, 0.29) is 5.91 Å². The fraction of sp³-hybridized carbons (Fsp3) is 0.500. The highest BCUT2D eigenvalue weighted by atomic mass is 16.3. The van der Waals surface area contributed by atoms with Gasteiger partial charge in [0.25, 0.3) is 5.91 Å². The Hall–Kier alpha value is -1.29. The Bertz CT molecular complexity index is 327. The quantitative estimate of drug-likeness (QED) is 0.713. The van der Waals surface area contributed by atoms with Gasteiger partial charge in [-0.25, -0.2) is 0 Å². The smallest absolute Gasteiger partial charge is 0.257 e. The number of carbonyl (C=O) groups excluding carboxylic acids is 1. The molecular formula is C10H14N2O2. The van der Waals surface area contributed by atoms with Crippen LogP contribution in [0.5, 0.6) is 0 Å². The molecule has 4 nitrogen and oxygen atoms in total. The van der Waals surface area contributed by atoms with Gasteiger partial charge in [0.1, 0.15) is 5.76 Å². The van der Waals surface area contributed by atoms with Crippen molar-refractivity contribution in [1.82, 2.24) is 10.2 Å². The van der Waals surface area contributed by atoms with E-state index in [0.29, 0.717) is 11.3 Å². The lowest BCUT2D eigenvalue weighted by Crippen LogP contribution is -2.46. The molecule has 1 fully saturated rings. The van der Waals surface area contributed by atoms with E-state index in [1.54, 1.807) is 12.3 Å². The number of nitrogens with one attached hydrogen (secondary N) is 1. The van der Waals surface area contributed by atoms with Crippen LogP contribution in [0.4, 0.5) is 0 Å². The summed E-state index contributed by atoms with van der Waals surface area (Å²) in [6, 6.07) is 1.74. The molecule has 2 heterocycles. The van der Waals surface area contributed by atoms with E-state index in [9.17, 15) is 4.79 Å². The normalized spacial score (nSPS) is 17.1. The lowest BCUT2D eigenvalue weighted by atomic mass is 10.2. The second-order valence-corrected chi connectivity index (χ2v) is 3.43. The fourth-order valence-corrected chi connectivity index (χ4v) is 1.65. The Labute approximate surface area is 82.9 Å². The Kier molecular flexibility index (Phi) is 2.54. The van der Waals surface area contributed by atoms with Crippen LogP contribution in [0.2, 0.25) is 0 Å². The maximum Gasteiger partial charge on any atom is 0.257 e. The Balaban J connectivity index is 2.11. The zero-order chi connectivity index (χ0) is 9.97. The summed E-state index contributed by atoms with van der Waals surface area (Å²) in [7, 11) is 0. The number of nitrogens with zero attached hydrogens (tertiary/aromatic N) is 1. The number of amides is 1. The fourth-order valence-electron chi connectivity index (χ4n) is 1.65. The van der Waals surface area contributed by atoms with Crippen molar-refractivity contribution in [1.29, 1.82) is 0 Å². The van der Waals surface area contributed by atoms with Crippen LogP contribution >= 0.6 is 0 Å². The van der Waals surface area contributed by atoms with Crippen molar-refractivity contribution < 1.29 is 9.21 Å². The zero-order valence-electron chi connectivity index (χ0n) is 8.25. The minimum absolute atomic E-state index is 0.0813. The summed E-state index contributed by atoms with van der Waals surface area (Å²) >= 11 is 0. The predicted molar refractivity (Wildman–Crippen MR) is 52.2 cm³/mol. The van der Waals surface area contributed by atoms with E-state index in [2.05, 4.69) is 5.32 Å². The molecule has 0 aromatic carbocycles. The number of aryl methyl sites for hydroxylation is 1. The number of hydrogen-bond donors (Lipinski definition) is 1. The van der Waals surface area contributed by atoms with Crippen molar-refractivity contribution in [3.05, 3.63) is 23.7 Å². The SMILES string of the molecule is Cc1occc1C(=O)N1CCNCC1. The first-order valence-electron chi connectivity index (χ1n) is 4.83. The summed E-state index contributed by atoms with van der Waals surface area (Å²) in [5.41, 5.74) is 0.687. The lowest BCUT2D eigenvalue weighted by molar-refractivity contribution is 0.0734. The van der Waals surface area contributed by atoms with Crippen LogP contribution in [0.3, 0.4) is 0 Å². The number of rotatable bonds is 1. The van der Waals surface area contributed by atoms with E-state index < -0.39 is 0 Å². The second kappa shape index (κ2) is 3.84. The monoisotopic (exact) mass is 194 g/mol. The first-order valence-corrected chi connectivity index (χ1v) is 4.83. The lowest BCUT2D eigenvalue weighted by Gasteiger charge is -2.27. The molecule has 76 valence electrons. The summed E-state index contributed by atoms with van der Waals surface area (Å²) in [6.07, 6.45) is 1.56. The molecule has 0 bridgehead atoms. The Morgan fingerprint density at radius 1 is 1.50 bits per heavy atom. The third-order valence-electron chi connectivity index (χ3n) is 2.49. The minimum Gasteiger partial charge on any atom is -0.469 e. The molecule has 1 aliphatic heterocycles. The van der Waals surface area contributed by atoms with E-state index in [0.717, 1.165) is 26.2 Å². The van der Waals surface area contributed by atoms with Crippen LogP contribution < -0.4 is 5.32 Å². The van der Waals surface area contributed by atoms with Crippen molar-refractivity contribution in [3.63, 3.8) is 0 Å². The molecule has 0 aliphatic carbocycles. The van der Waals surface area contributed by atoms with Gasteiger partial charge in [0.2, 0.25) is 0 Å². The first kappa shape index (κ1) is 9.27. The highest BCUT2D eigenvalue weighted by Gasteiger charge is 2.20. The highest BCUT2D eigenvalue weighted by Crippen LogP contribution is 2.12. The Morgan fingerprint density at radius 2 is 2.21 bits per heavy atom. The molecule has 2 rings (SSSR count). The van der Waals surface area contributed by atoms with Gasteiger partial charge in [-0.05, 0) is 13.0 Å². The maximum atomic E-state index is 11.9. The summed E-state index contributed by atoms with van der Waals surface area (Å²) in [4.78, 5) is 13.8. The molecule has 4 heteroatoms. The van der Waals surface area contributed by atoms with Crippen LogP contribution in [0.25, 0.3) is 0 Å². The highest BCUT2D eigenvalue weighted by molar-refractivity contribution is 5.95. The van der Waals surface area contributed by atoms with Crippen molar-refractivity contribution in [3.8, 4) is 0 Å². The number of piperazine rings is 1. The van der Waals surface area contributed by atoms with Crippen LogP contribution in [0.15, 0.2) is 16.7 Å². The van der Waals surface area contributed by atoms with Gasteiger partial charge in [0.15, 0.2) is 0 Å².